The molecule has 0 aliphatic carbocycles. The number of thiazole rings is 1. The highest BCUT2D eigenvalue weighted by Crippen LogP contribution is 2.32. The number of hydrogen-bond donors (Lipinski definition) is 2. The third-order valence-electron chi connectivity index (χ3n) is 5.29. The molecule has 2 aromatic carbocycles. The maximum Gasteiger partial charge on any atom is 0.335 e. The summed E-state index contributed by atoms with van der Waals surface area (Å²) in [7, 11) is -2.64. The molecule has 1 aliphatic heterocycles. The molecule has 178 valence electrons. The van der Waals surface area contributed by atoms with E-state index in [-0.39, 0.29) is 27.1 Å². The molecule has 10 nitrogen and oxygen atoms in total. The second-order valence-corrected chi connectivity index (χ2v) is 10.4. The fraction of sp³-hybridized carbons (Fsp3) is 0.227. The van der Waals surface area contributed by atoms with Crippen LogP contribution in [-0.2, 0) is 10.0 Å². The molecule has 0 unspecified atom stereocenters. The lowest BCUT2D eigenvalue weighted by Gasteiger charge is -2.34. The van der Waals surface area contributed by atoms with E-state index < -0.39 is 16.0 Å². The van der Waals surface area contributed by atoms with E-state index in [1.165, 1.54) is 31.5 Å². The summed E-state index contributed by atoms with van der Waals surface area (Å²) in [4.78, 5) is 31.8. The van der Waals surface area contributed by atoms with Gasteiger partial charge in [-0.3, -0.25) is 9.52 Å². The van der Waals surface area contributed by atoms with Crippen molar-refractivity contribution in [3.63, 3.8) is 0 Å². The van der Waals surface area contributed by atoms with E-state index in [1.807, 2.05) is 23.1 Å². The van der Waals surface area contributed by atoms with Gasteiger partial charge in [-0.05, 0) is 30.3 Å². The Balaban J connectivity index is 1.43. The van der Waals surface area contributed by atoms with Crippen LogP contribution in [0.4, 0.5) is 10.8 Å². The van der Waals surface area contributed by atoms with Crippen LogP contribution in [-0.4, -0.2) is 68.6 Å². The molecule has 1 fully saturated rings. The third-order valence-corrected chi connectivity index (χ3v) is 8.17. The van der Waals surface area contributed by atoms with E-state index >= 15 is 0 Å². The number of sulfonamides is 1. The monoisotopic (exact) mass is 502 g/mol. The first-order chi connectivity index (χ1) is 16.3. The number of carbonyl (C=O) groups is 2. The van der Waals surface area contributed by atoms with Crippen molar-refractivity contribution in [3.8, 4) is 5.75 Å². The number of carbonyl (C=O) groups excluding carboxylic acids is 1. The highest BCUT2D eigenvalue weighted by molar-refractivity contribution is 7.94. The van der Waals surface area contributed by atoms with Gasteiger partial charge in [0.05, 0.1) is 24.6 Å². The predicted octanol–water partition coefficient (Wildman–Crippen LogP) is 2.61. The van der Waals surface area contributed by atoms with Gasteiger partial charge in [-0.15, -0.1) is 0 Å². The van der Waals surface area contributed by atoms with Gasteiger partial charge in [0.15, 0.2) is 9.34 Å². The fourth-order valence-electron chi connectivity index (χ4n) is 3.49. The van der Waals surface area contributed by atoms with Gasteiger partial charge in [0.25, 0.3) is 15.9 Å². The average Bonchev–Trinajstić information content (AvgIpc) is 3.36. The molecule has 2 N–H and O–H groups in total. The summed E-state index contributed by atoms with van der Waals surface area (Å²) in [5.41, 5.74) is 0.733. The molecule has 0 atom stereocenters. The Morgan fingerprint density at radius 3 is 2.41 bits per heavy atom. The molecule has 1 saturated heterocycles. The summed E-state index contributed by atoms with van der Waals surface area (Å²) < 4.78 is 33.4. The number of carboxylic acids is 1. The lowest BCUT2D eigenvalue weighted by Crippen LogP contribution is -2.48. The predicted molar refractivity (Wildman–Crippen MR) is 127 cm³/mol. The van der Waals surface area contributed by atoms with Gasteiger partial charge in [0.1, 0.15) is 5.75 Å². The Hall–Kier alpha value is -3.64. The summed E-state index contributed by atoms with van der Waals surface area (Å²) in [6.07, 6.45) is 1.28. The van der Waals surface area contributed by atoms with Gasteiger partial charge in [-0.2, -0.15) is 0 Å². The molecule has 3 aromatic rings. The zero-order valence-corrected chi connectivity index (χ0v) is 19.8. The van der Waals surface area contributed by atoms with E-state index in [0.717, 1.165) is 11.3 Å². The number of anilines is 2. The Morgan fingerprint density at radius 1 is 1.06 bits per heavy atom. The number of carboxylic acid groups (broad SMARTS) is 1. The Kier molecular flexibility index (Phi) is 6.70. The number of amides is 1. The molecule has 1 amide bonds. The molecule has 1 aromatic heterocycles. The molecule has 0 bridgehead atoms. The third kappa shape index (κ3) is 4.97. The van der Waals surface area contributed by atoms with Gasteiger partial charge in [-0.1, -0.05) is 29.5 Å². The Morgan fingerprint density at radius 2 is 1.76 bits per heavy atom. The molecule has 1 aliphatic rings. The van der Waals surface area contributed by atoms with Gasteiger partial charge in [-0.25, -0.2) is 18.2 Å². The van der Waals surface area contributed by atoms with Gasteiger partial charge in [0.2, 0.25) is 0 Å². The zero-order valence-electron chi connectivity index (χ0n) is 18.2. The van der Waals surface area contributed by atoms with Crippen molar-refractivity contribution in [2.24, 2.45) is 0 Å². The number of nitrogens with one attached hydrogen (secondary N) is 1. The molecule has 34 heavy (non-hydrogen) atoms. The topological polar surface area (TPSA) is 129 Å². The average molecular weight is 503 g/mol. The quantitative estimate of drug-likeness (QED) is 0.504. The molecular formula is C22H22N4O6S2. The highest BCUT2D eigenvalue weighted by atomic mass is 32.2. The Bertz CT molecular complexity index is 1300. The minimum atomic E-state index is -3.97. The molecule has 4 rings (SSSR count). The van der Waals surface area contributed by atoms with Crippen LogP contribution in [0.15, 0.2) is 58.9 Å². The van der Waals surface area contributed by atoms with Crippen LogP contribution in [0.1, 0.15) is 20.7 Å². The van der Waals surface area contributed by atoms with Crippen LogP contribution in [0.3, 0.4) is 0 Å². The smallest absolute Gasteiger partial charge is 0.335 e. The van der Waals surface area contributed by atoms with Crippen LogP contribution >= 0.6 is 11.3 Å². The van der Waals surface area contributed by atoms with Crippen molar-refractivity contribution in [1.29, 1.82) is 0 Å². The second kappa shape index (κ2) is 9.69. The number of piperazine rings is 1. The van der Waals surface area contributed by atoms with Crippen LogP contribution in [0.2, 0.25) is 0 Å². The lowest BCUT2D eigenvalue weighted by atomic mass is 10.2. The van der Waals surface area contributed by atoms with Gasteiger partial charge >= 0.3 is 5.97 Å². The molecule has 0 saturated carbocycles. The van der Waals surface area contributed by atoms with Crippen molar-refractivity contribution < 1.29 is 27.9 Å². The number of ether oxygens (including phenoxy) is 1. The summed E-state index contributed by atoms with van der Waals surface area (Å²) in [6.45, 7) is 2.06. The van der Waals surface area contributed by atoms with E-state index in [1.54, 1.807) is 17.0 Å². The first-order valence-corrected chi connectivity index (χ1v) is 12.6. The van der Waals surface area contributed by atoms with Crippen molar-refractivity contribution in [2.75, 3.05) is 42.9 Å². The Labute approximate surface area is 200 Å². The van der Waals surface area contributed by atoms with E-state index in [9.17, 15) is 18.0 Å². The van der Waals surface area contributed by atoms with Gasteiger partial charge < -0.3 is 19.6 Å². The van der Waals surface area contributed by atoms with Crippen molar-refractivity contribution in [3.05, 3.63) is 65.9 Å². The van der Waals surface area contributed by atoms with Crippen LogP contribution in [0, 0.1) is 0 Å². The number of benzene rings is 2. The van der Waals surface area contributed by atoms with Crippen LogP contribution in [0.25, 0.3) is 0 Å². The number of nitrogens with zero attached hydrogens (tertiary/aromatic N) is 3. The molecular weight excluding hydrogens is 480 g/mol. The summed E-state index contributed by atoms with van der Waals surface area (Å²) in [6, 6.07) is 12.9. The molecule has 2 heterocycles. The molecule has 12 heteroatoms. The first-order valence-electron chi connectivity index (χ1n) is 10.3. The molecule has 0 spiro atoms. The number of rotatable bonds is 7. The van der Waals surface area contributed by atoms with E-state index in [4.69, 9.17) is 9.84 Å². The second-order valence-electron chi connectivity index (χ2n) is 7.43. The van der Waals surface area contributed by atoms with Crippen LogP contribution in [0.5, 0.6) is 5.75 Å². The lowest BCUT2D eigenvalue weighted by molar-refractivity contribution is 0.0695. The minimum Gasteiger partial charge on any atom is -0.495 e. The van der Waals surface area contributed by atoms with Crippen molar-refractivity contribution >= 4 is 44.1 Å². The van der Waals surface area contributed by atoms with Crippen LogP contribution < -0.4 is 14.4 Å². The van der Waals surface area contributed by atoms with Crippen molar-refractivity contribution in [1.82, 2.24) is 9.88 Å². The zero-order chi connectivity index (χ0) is 24.3. The maximum absolute atomic E-state index is 12.9. The highest BCUT2D eigenvalue weighted by Gasteiger charge is 2.26. The largest absolute Gasteiger partial charge is 0.495 e. The summed E-state index contributed by atoms with van der Waals surface area (Å²) in [5.74, 6) is -1.09. The normalized spacial score (nSPS) is 14.0. The standard InChI is InChI=1S/C22H22N4O6S2/c1-32-18-13-16(21(28)29)7-8-17(18)24-34(30,31)19-14-23-22(33-19)26-11-9-25(10-12-26)20(27)15-5-3-2-4-6-15/h2-8,13-14,24H,9-12H2,1H3,(H,28,29). The molecule has 0 radical (unpaired) electrons. The summed E-state index contributed by atoms with van der Waals surface area (Å²) in [5, 5.41) is 9.65. The first kappa shape index (κ1) is 23.5. The van der Waals surface area contributed by atoms with E-state index in [0.29, 0.717) is 36.9 Å². The SMILES string of the molecule is COc1cc(C(=O)O)ccc1NS(=O)(=O)c1cnc(N2CCN(C(=O)c3ccccc3)CC2)s1. The summed E-state index contributed by atoms with van der Waals surface area (Å²) >= 11 is 1.02. The number of hydrogen-bond acceptors (Lipinski definition) is 8. The van der Waals surface area contributed by atoms with Crippen molar-refractivity contribution in [2.45, 2.75) is 4.21 Å². The fourth-order valence-corrected chi connectivity index (χ4v) is 5.73. The maximum atomic E-state index is 12.9. The number of aromatic nitrogens is 1. The minimum absolute atomic E-state index is 0.00894. The van der Waals surface area contributed by atoms with E-state index in [2.05, 4.69) is 9.71 Å². The van der Waals surface area contributed by atoms with Gasteiger partial charge in [0, 0.05) is 31.7 Å². The number of methoxy groups -OCH3 is 1. The number of aromatic carboxylic acids is 1.